The molecule has 0 saturated carbocycles. The summed E-state index contributed by atoms with van der Waals surface area (Å²) in [6, 6.07) is 0.946. The van der Waals surface area contributed by atoms with Crippen LogP contribution < -0.4 is 5.73 Å². The van der Waals surface area contributed by atoms with Crippen molar-refractivity contribution < 1.29 is 17.5 Å². The van der Waals surface area contributed by atoms with Gasteiger partial charge in [0.25, 0.3) is 0 Å². The third-order valence-corrected chi connectivity index (χ3v) is 1.41. The lowest BCUT2D eigenvalue weighted by molar-refractivity contribution is 0.351. The van der Waals surface area contributed by atoms with Gasteiger partial charge in [-0.2, -0.15) is 0 Å². The summed E-state index contributed by atoms with van der Waals surface area (Å²) in [6.45, 7) is -5.15. The summed E-state index contributed by atoms with van der Waals surface area (Å²) in [4.78, 5) is 0. The van der Waals surface area contributed by atoms with E-state index in [0.717, 1.165) is 6.07 Å². The van der Waals surface area contributed by atoms with Gasteiger partial charge in [-0.15, -0.1) is 0 Å². The maximum absolute atomic E-state index is 12.0. The van der Waals surface area contributed by atoms with E-state index in [9.17, 15) is 12.9 Å². The average Bonchev–Trinajstić information content (AvgIpc) is 2.32. The molecular weight excluding hydrogens is 195 g/mol. The van der Waals surface area contributed by atoms with Gasteiger partial charge in [0.1, 0.15) is 5.76 Å². The second-order valence-corrected chi connectivity index (χ2v) is 2.59. The van der Waals surface area contributed by atoms with Crippen LogP contribution in [-0.4, -0.2) is 12.1 Å². The molecule has 12 heavy (non-hydrogen) atoms. The van der Waals surface area contributed by atoms with E-state index in [1.807, 2.05) is 0 Å². The van der Waals surface area contributed by atoms with Crippen molar-refractivity contribution in [1.29, 1.82) is 0 Å². The van der Waals surface area contributed by atoms with Crippen LogP contribution >= 0.6 is 11.6 Å². The minimum Gasteiger partial charge on any atom is -0.448 e. The Morgan fingerprint density at radius 3 is 2.50 bits per heavy atom. The number of nitrogens with zero attached hydrogens (tertiary/aromatic N) is 1. The Morgan fingerprint density at radius 2 is 2.17 bits per heavy atom. The van der Waals surface area contributed by atoms with Gasteiger partial charge in [-0.3, -0.25) is 0 Å². The quantitative estimate of drug-likeness (QED) is 0.738. The lowest BCUT2D eigenvalue weighted by atomic mass is 9.79. The zero-order chi connectivity index (χ0) is 9.35. The molecule has 8 heteroatoms. The van der Waals surface area contributed by atoms with E-state index in [1.54, 1.807) is 0 Å². The summed E-state index contributed by atoms with van der Waals surface area (Å²) in [5.74, 6) is -2.57. The van der Waals surface area contributed by atoms with E-state index < -0.39 is 18.7 Å². The van der Waals surface area contributed by atoms with Crippen molar-refractivity contribution in [2.24, 2.45) is 5.73 Å². The van der Waals surface area contributed by atoms with Gasteiger partial charge in [0, 0.05) is 12.0 Å². The van der Waals surface area contributed by atoms with Crippen LogP contribution in [-0.2, 0) is 0 Å². The molecule has 0 saturated heterocycles. The highest BCUT2D eigenvalue weighted by atomic mass is 35.5. The largest absolute Gasteiger partial charge is 0.502 e. The summed E-state index contributed by atoms with van der Waals surface area (Å²) < 4.78 is 40.1. The van der Waals surface area contributed by atoms with E-state index >= 15 is 0 Å². The molecule has 2 N–H and O–H groups in total. The fourth-order valence-electron chi connectivity index (χ4n) is 0.610. The summed E-state index contributed by atoms with van der Waals surface area (Å²) >= 11 is 5.23. The summed E-state index contributed by atoms with van der Waals surface area (Å²) in [6.07, 6.45) is 0. The molecule has 1 unspecified atom stereocenters. The first kappa shape index (κ1) is 9.40. The van der Waals surface area contributed by atoms with Crippen LogP contribution in [0.5, 0.6) is 0 Å². The number of nitrogens with two attached hydrogens (primary N) is 1. The van der Waals surface area contributed by atoms with Gasteiger partial charge in [-0.25, -0.2) is 0 Å². The number of hydrogen-bond donors (Lipinski definition) is 1. The van der Waals surface area contributed by atoms with Gasteiger partial charge < -0.3 is 23.2 Å². The number of aromatic nitrogens is 1. The molecule has 0 aromatic carbocycles. The van der Waals surface area contributed by atoms with Crippen LogP contribution in [0.1, 0.15) is 11.7 Å². The third kappa shape index (κ3) is 1.92. The van der Waals surface area contributed by atoms with Crippen molar-refractivity contribution in [3.8, 4) is 0 Å². The molecule has 1 aromatic rings. The van der Waals surface area contributed by atoms with Crippen molar-refractivity contribution in [2.45, 2.75) is 5.94 Å². The Kier molecular flexibility index (Phi) is 2.34. The average molecular weight is 199 g/mol. The van der Waals surface area contributed by atoms with Gasteiger partial charge >= 0.3 is 6.98 Å². The molecule has 3 nitrogen and oxygen atoms in total. The maximum atomic E-state index is 12.0. The molecule has 1 atom stereocenters. The number of halogens is 4. The van der Waals surface area contributed by atoms with Crippen LogP contribution in [0.25, 0.3) is 0 Å². The Morgan fingerprint density at radius 1 is 1.58 bits per heavy atom. The standard InChI is InChI=1S/C4H4BClF3N2O/c6-3-1-2(12-11-3)4(10)5(7,8)9/h1,4H,10H2/q-1. The Hall–Kier alpha value is -0.685. The summed E-state index contributed by atoms with van der Waals surface area (Å²) in [5, 5.41) is 2.93. The lowest BCUT2D eigenvalue weighted by Gasteiger charge is -2.19. The van der Waals surface area contributed by atoms with Crippen LogP contribution in [0, 0.1) is 0 Å². The van der Waals surface area contributed by atoms with Crippen molar-refractivity contribution in [3.63, 3.8) is 0 Å². The fourth-order valence-corrected chi connectivity index (χ4v) is 0.752. The Bertz CT molecular complexity index is 276. The van der Waals surface area contributed by atoms with Crippen LogP contribution in [0.15, 0.2) is 10.6 Å². The van der Waals surface area contributed by atoms with Gasteiger partial charge in [0.2, 0.25) is 0 Å². The number of rotatable bonds is 2. The highest BCUT2D eigenvalue weighted by molar-refractivity contribution is 6.60. The minimum absolute atomic E-state index is 0.138. The molecule has 0 amide bonds. The van der Waals surface area contributed by atoms with Gasteiger partial charge in [-0.1, -0.05) is 16.8 Å². The predicted octanol–water partition coefficient (Wildman–Crippen LogP) is 1.71. The topological polar surface area (TPSA) is 52.0 Å². The molecule has 0 aliphatic carbocycles. The zero-order valence-electron chi connectivity index (χ0n) is 5.68. The normalized spacial score (nSPS) is 14.8. The fraction of sp³-hybridized carbons (Fsp3) is 0.250. The molecule has 0 aliphatic heterocycles. The van der Waals surface area contributed by atoms with Crippen molar-refractivity contribution in [3.05, 3.63) is 17.0 Å². The van der Waals surface area contributed by atoms with Crippen molar-refractivity contribution >= 4 is 18.6 Å². The van der Waals surface area contributed by atoms with Gasteiger partial charge in [-0.05, 0) is 0 Å². The monoisotopic (exact) mass is 199 g/mol. The highest BCUT2D eigenvalue weighted by Gasteiger charge is 2.35. The van der Waals surface area contributed by atoms with E-state index in [4.69, 9.17) is 17.3 Å². The third-order valence-electron chi connectivity index (χ3n) is 1.24. The molecule has 0 aliphatic rings. The molecule has 68 valence electrons. The van der Waals surface area contributed by atoms with E-state index in [2.05, 4.69) is 9.68 Å². The highest BCUT2D eigenvalue weighted by Crippen LogP contribution is 2.26. The second-order valence-electron chi connectivity index (χ2n) is 2.20. The molecule has 0 fully saturated rings. The summed E-state index contributed by atoms with van der Waals surface area (Å²) in [7, 11) is 0. The zero-order valence-corrected chi connectivity index (χ0v) is 6.43. The smallest absolute Gasteiger partial charge is 0.448 e. The first-order chi connectivity index (χ1) is 5.41. The molecule has 0 radical (unpaired) electrons. The van der Waals surface area contributed by atoms with Crippen molar-refractivity contribution in [1.82, 2.24) is 5.16 Å². The van der Waals surface area contributed by atoms with Crippen LogP contribution in [0.2, 0.25) is 5.15 Å². The first-order valence-electron chi connectivity index (χ1n) is 2.99. The van der Waals surface area contributed by atoms with Gasteiger partial charge in [0.05, 0.1) is 0 Å². The van der Waals surface area contributed by atoms with E-state index in [-0.39, 0.29) is 5.15 Å². The molecule has 1 rings (SSSR count). The molecule has 0 spiro atoms. The van der Waals surface area contributed by atoms with Crippen LogP contribution in [0.4, 0.5) is 12.9 Å². The van der Waals surface area contributed by atoms with Gasteiger partial charge in [0.15, 0.2) is 5.15 Å². The minimum atomic E-state index is -5.15. The molecular formula is C4H4BClF3N2O-. The predicted molar refractivity (Wildman–Crippen MR) is 37.5 cm³/mol. The Balaban J connectivity index is 2.85. The first-order valence-corrected chi connectivity index (χ1v) is 3.36. The summed E-state index contributed by atoms with van der Waals surface area (Å²) in [5.41, 5.74) is 4.80. The van der Waals surface area contributed by atoms with Crippen LogP contribution in [0.3, 0.4) is 0 Å². The van der Waals surface area contributed by atoms with Crippen molar-refractivity contribution in [2.75, 3.05) is 0 Å². The molecule has 0 bridgehead atoms. The second kappa shape index (κ2) is 2.99. The number of hydrogen-bond acceptors (Lipinski definition) is 3. The molecule has 1 aromatic heterocycles. The maximum Gasteiger partial charge on any atom is 0.502 e. The SMILES string of the molecule is NC(c1cc(Cl)no1)[B-](F)(F)F. The Labute approximate surface area is 70.7 Å². The van der Waals surface area contributed by atoms with E-state index in [0.29, 0.717) is 0 Å². The lowest BCUT2D eigenvalue weighted by Crippen LogP contribution is -2.33. The van der Waals surface area contributed by atoms with E-state index in [1.165, 1.54) is 0 Å². The molecule has 1 heterocycles.